The largest absolute Gasteiger partial charge is 0.354 e. The van der Waals surface area contributed by atoms with Gasteiger partial charge in [-0.15, -0.1) is 0 Å². The van der Waals surface area contributed by atoms with E-state index in [4.69, 9.17) is 11.6 Å². The third kappa shape index (κ3) is 6.38. The van der Waals surface area contributed by atoms with Crippen molar-refractivity contribution >= 4 is 35.2 Å². The lowest BCUT2D eigenvalue weighted by Gasteiger charge is -2.18. The molecule has 1 aromatic carbocycles. The Balaban J connectivity index is 1.87. The standard InChI is InChI=1S/C18H23ClN4O2S/c1-26-13-8-16(22-17(24)14-6-2-3-7-15(14)19)18(25)20-9-4-11-23-12-5-10-21-23/h2-3,5-7,10,12,16H,4,8-9,11,13H2,1H3,(H,20,25)(H,22,24)/t16-/m0/s1. The molecule has 0 aliphatic carbocycles. The van der Waals surface area contributed by atoms with E-state index in [0.717, 1.165) is 18.7 Å². The third-order valence-corrected chi connectivity index (χ3v) is 4.75. The number of aryl methyl sites for hydroxylation is 1. The molecule has 2 rings (SSSR count). The summed E-state index contributed by atoms with van der Waals surface area (Å²) in [5, 5.41) is 10.2. The summed E-state index contributed by atoms with van der Waals surface area (Å²) in [6.45, 7) is 1.26. The second kappa shape index (κ2) is 10.9. The fourth-order valence-corrected chi connectivity index (χ4v) is 3.09. The van der Waals surface area contributed by atoms with Crippen LogP contribution >= 0.6 is 23.4 Å². The number of rotatable bonds is 10. The number of amides is 2. The van der Waals surface area contributed by atoms with E-state index in [2.05, 4.69) is 15.7 Å². The summed E-state index contributed by atoms with van der Waals surface area (Å²) in [4.78, 5) is 24.9. The summed E-state index contributed by atoms with van der Waals surface area (Å²) in [6.07, 6.45) is 6.90. The van der Waals surface area contributed by atoms with Crippen LogP contribution in [0.2, 0.25) is 5.02 Å². The zero-order valence-electron chi connectivity index (χ0n) is 14.7. The average Bonchev–Trinajstić information content (AvgIpc) is 3.15. The lowest BCUT2D eigenvalue weighted by molar-refractivity contribution is -0.123. The van der Waals surface area contributed by atoms with Gasteiger partial charge in [-0.3, -0.25) is 14.3 Å². The third-order valence-electron chi connectivity index (χ3n) is 3.77. The molecule has 2 N–H and O–H groups in total. The van der Waals surface area contributed by atoms with Gasteiger partial charge in [-0.05, 0) is 43.0 Å². The van der Waals surface area contributed by atoms with Gasteiger partial charge in [0.2, 0.25) is 5.91 Å². The first-order valence-electron chi connectivity index (χ1n) is 8.41. The number of carbonyl (C=O) groups excluding carboxylic acids is 2. The average molecular weight is 395 g/mol. The smallest absolute Gasteiger partial charge is 0.253 e. The van der Waals surface area contributed by atoms with Crippen molar-refractivity contribution < 1.29 is 9.59 Å². The van der Waals surface area contributed by atoms with E-state index in [1.165, 1.54) is 0 Å². The van der Waals surface area contributed by atoms with Gasteiger partial charge >= 0.3 is 0 Å². The molecule has 6 nitrogen and oxygen atoms in total. The Labute approximate surface area is 162 Å². The van der Waals surface area contributed by atoms with E-state index in [1.54, 1.807) is 42.2 Å². The number of thioether (sulfide) groups is 1. The molecule has 2 aromatic rings. The topological polar surface area (TPSA) is 76.0 Å². The van der Waals surface area contributed by atoms with Crippen LogP contribution in [0.1, 0.15) is 23.2 Å². The maximum Gasteiger partial charge on any atom is 0.253 e. The van der Waals surface area contributed by atoms with E-state index < -0.39 is 6.04 Å². The van der Waals surface area contributed by atoms with Crippen LogP contribution in [-0.4, -0.2) is 46.2 Å². The fraction of sp³-hybridized carbons (Fsp3) is 0.389. The number of aromatic nitrogens is 2. The zero-order chi connectivity index (χ0) is 18.8. The molecule has 0 bridgehead atoms. The molecule has 0 saturated carbocycles. The highest BCUT2D eigenvalue weighted by Crippen LogP contribution is 2.15. The van der Waals surface area contributed by atoms with Gasteiger partial charge < -0.3 is 10.6 Å². The first-order valence-corrected chi connectivity index (χ1v) is 10.2. The lowest BCUT2D eigenvalue weighted by atomic mass is 10.1. The minimum Gasteiger partial charge on any atom is -0.354 e. The minimum absolute atomic E-state index is 0.181. The molecule has 0 saturated heterocycles. The molecule has 0 aliphatic rings. The van der Waals surface area contributed by atoms with E-state index in [-0.39, 0.29) is 11.8 Å². The number of halogens is 1. The molecule has 1 atom stereocenters. The van der Waals surface area contributed by atoms with Crippen LogP contribution in [0.5, 0.6) is 0 Å². The predicted octanol–water partition coefficient (Wildman–Crippen LogP) is 2.59. The Morgan fingerprint density at radius 1 is 1.31 bits per heavy atom. The lowest BCUT2D eigenvalue weighted by Crippen LogP contribution is -2.47. The zero-order valence-corrected chi connectivity index (χ0v) is 16.2. The van der Waals surface area contributed by atoms with E-state index in [9.17, 15) is 9.59 Å². The summed E-state index contributed by atoms with van der Waals surface area (Å²) in [6, 6.07) is 8.08. The van der Waals surface area contributed by atoms with Crippen molar-refractivity contribution in [1.29, 1.82) is 0 Å². The van der Waals surface area contributed by atoms with Gasteiger partial charge in [0, 0.05) is 25.5 Å². The van der Waals surface area contributed by atoms with Crippen LogP contribution < -0.4 is 10.6 Å². The minimum atomic E-state index is -0.587. The van der Waals surface area contributed by atoms with Crippen LogP contribution in [0.25, 0.3) is 0 Å². The van der Waals surface area contributed by atoms with Crippen LogP contribution in [0.4, 0.5) is 0 Å². The number of hydrogen-bond acceptors (Lipinski definition) is 4. The van der Waals surface area contributed by atoms with Crippen molar-refractivity contribution in [3.05, 3.63) is 53.3 Å². The molecule has 140 valence electrons. The number of nitrogens with one attached hydrogen (secondary N) is 2. The number of benzene rings is 1. The molecule has 2 amide bonds. The van der Waals surface area contributed by atoms with Gasteiger partial charge in [0.15, 0.2) is 0 Å². The maximum atomic E-state index is 12.5. The number of nitrogens with zero attached hydrogens (tertiary/aromatic N) is 2. The molecule has 26 heavy (non-hydrogen) atoms. The van der Waals surface area contributed by atoms with E-state index >= 15 is 0 Å². The molecular weight excluding hydrogens is 372 g/mol. The van der Waals surface area contributed by atoms with Gasteiger partial charge in [0.25, 0.3) is 5.91 Å². The van der Waals surface area contributed by atoms with Crippen molar-refractivity contribution in [3.8, 4) is 0 Å². The quantitative estimate of drug-likeness (QED) is 0.607. The highest BCUT2D eigenvalue weighted by Gasteiger charge is 2.21. The summed E-state index contributed by atoms with van der Waals surface area (Å²) >= 11 is 7.70. The Hall–Kier alpha value is -1.99. The number of carbonyl (C=O) groups is 2. The van der Waals surface area contributed by atoms with Gasteiger partial charge in [-0.1, -0.05) is 23.7 Å². The van der Waals surface area contributed by atoms with Crippen molar-refractivity contribution in [3.63, 3.8) is 0 Å². The van der Waals surface area contributed by atoms with Crippen molar-refractivity contribution in [2.24, 2.45) is 0 Å². The summed E-state index contributed by atoms with van der Waals surface area (Å²) in [5.41, 5.74) is 0.370. The predicted molar refractivity (Wildman–Crippen MR) is 106 cm³/mol. The van der Waals surface area contributed by atoms with E-state index in [1.807, 2.05) is 23.2 Å². The van der Waals surface area contributed by atoms with E-state index in [0.29, 0.717) is 23.6 Å². The normalized spacial score (nSPS) is 11.8. The highest BCUT2D eigenvalue weighted by atomic mass is 35.5. The summed E-state index contributed by atoms with van der Waals surface area (Å²) in [5.74, 6) is 0.252. The van der Waals surface area contributed by atoms with Crippen LogP contribution in [0.3, 0.4) is 0 Å². The highest BCUT2D eigenvalue weighted by molar-refractivity contribution is 7.98. The fourth-order valence-electron chi connectivity index (χ4n) is 2.39. The van der Waals surface area contributed by atoms with Crippen molar-refractivity contribution in [2.45, 2.75) is 25.4 Å². The Kier molecular flexibility index (Phi) is 8.50. The van der Waals surface area contributed by atoms with Crippen molar-refractivity contribution in [2.75, 3.05) is 18.6 Å². The molecule has 0 spiro atoms. The Bertz CT molecular complexity index is 709. The molecule has 0 unspecified atom stereocenters. The molecule has 1 aromatic heterocycles. The van der Waals surface area contributed by atoms with Gasteiger partial charge in [-0.25, -0.2) is 0 Å². The van der Waals surface area contributed by atoms with Gasteiger partial charge in [0.05, 0.1) is 10.6 Å². The molecule has 0 radical (unpaired) electrons. The maximum absolute atomic E-state index is 12.5. The summed E-state index contributed by atoms with van der Waals surface area (Å²) < 4.78 is 1.82. The molecule has 0 fully saturated rings. The Morgan fingerprint density at radius 3 is 2.81 bits per heavy atom. The second-order valence-electron chi connectivity index (χ2n) is 5.70. The first kappa shape index (κ1) is 20.3. The number of hydrogen-bond donors (Lipinski definition) is 2. The van der Waals surface area contributed by atoms with Crippen LogP contribution in [0, 0.1) is 0 Å². The van der Waals surface area contributed by atoms with Crippen LogP contribution in [-0.2, 0) is 11.3 Å². The van der Waals surface area contributed by atoms with Crippen LogP contribution in [0.15, 0.2) is 42.7 Å². The Morgan fingerprint density at radius 2 is 2.12 bits per heavy atom. The molecule has 1 heterocycles. The van der Waals surface area contributed by atoms with Gasteiger partial charge in [0.1, 0.15) is 6.04 Å². The first-order chi connectivity index (χ1) is 12.6. The molecule has 8 heteroatoms. The molecular formula is C18H23ClN4O2S. The monoisotopic (exact) mass is 394 g/mol. The summed E-state index contributed by atoms with van der Waals surface area (Å²) in [7, 11) is 0. The molecule has 0 aliphatic heterocycles. The second-order valence-corrected chi connectivity index (χ2v) is 7.09. The SMILES string of the molecule is CSCC[C@H](NC(=O)c1ccccc1Cl)C(=O)NCCCn1cccn1. The van der Waals surface area contributed by atoms with Crippen molar-refractivity contribution in [1.82, 2.24) is 20.4 Å². The van der Waals surface area contributed by atoms with Gasteiger partial charge in [-0.2, -0.15) is 16.9 Å².